The Labute approximate surface area is 124 Å². The summed E-state index contributed by atoms with van der Waals surface area (Å²) in [7, 11) is 0. The summed E-state index contributed by atoms with van der Waals surface area (Å²) < 4.78 is 0. The van der Waals surface area contributed by atoms with Gasteiger partial charge in [0.05, 0.1) is 0 Å². The van der Waals surface area contributed by atoms with Crippen molar-refractivity contribution in [2.45, 2.75) is 13.8 Å². The third kappa shape index (κ3) is 3.89. The van der Waals surface area contributed by atoms with Crippen LogP contribution in [-0.4, -0.2) is 22.4 Å². The molecule has 5 heteroatoms. The van der Waals surface area contributed by atoms with Gasteiger partial charge >= 0.3 is 0 Å². The van der Waals surface area contributed by atoms with E-state index in [2.05, 4.69) is 27.2 Å². The molecule has 2 rings (SSSR count). The number of aromatic nitrogens is 2. The first-order valence-corrected chi connectivity index (χ1v) is 6.66. The van der Waals surface area contributed by atoms with E-state index in [1.807, 2.05) is 32.0 Å². The predicted octanol–water partition coefficient (Wildman–Crippen LogP) is 2.94. The van der Waals surface area contributed by atoms with Crippen molar-refractivity contribution in [2.24, 2.45) is 0 Å². The molecule has 21 heavy (non-hydrogen) atoms. The van der Waals surface area contributed by atoms with Gasteiger partial charge in [-0.15, -0.1) is 6.58 Å². The molecule has 0 saturated heterocycles. The number of amides is 1. The molecule has 0 unspecified atom stereocenters. The molecule has 0 aliphatic carbocycles. The summed E-state index contributed by atoms with van der Waals surface area (Å²) in [4.78, 5) is 20.5. The van der Waals surface area contributed by atoms with Gasteiger partial charge in [-0.25, -0.2) is 9.97 Å². The number of benzene rings is 1. The zero-order chi connectivity index (χ0) is 15.2. The summed E-state index contributed by atoms with van der Waals surface area (Å²) in [5, 5.41) is 5.83. The highest BCUT2D eigenvalue weighted by Gasteiger charge is 2.10. The second-order valence-electron chi connectivity index (χ2n) is 4.71. The number of aryl methyl sites for hydroxylation is 2. The fraction of sp³-hybridized carbons (Fsp3) is 0.188. The van der Waals surface area contributed by atoms with Crippen molar-refractivity contribution in [3.8, 4) is 0 Å². The summed E-state index contributed by atoms with van der Waals surface area (Å²) in [6.45, 7) is 8.09. The van der Waals surface area contributed by atoms with Gasteiger partial charge in [0.1, 0.15) is 5.69 Å². The molecule has 0 spiro atoms. The molecule has 0 atom stereocenters. The molecule has 2 aromatic rings. The Balaban J connectivity index is 2.16. The van der Waals surface area contributed by atoms with Gasteiger partial charge in [-0.3, -0.25) is 4.79 Å². The summed E-state index contributed by atoms with van der Waals surface area (Å²) >= 11 is 0. The van der Waals surface area contributed by atoms with Gasteiger partial charge in [0.2, 0.25) is 5.95 Å². The lowest BCUT2D eigenvalue weighted by Crippen LogP contribution is -2.16. The largest absolute Gasteiger partial charge is 0.351 e. The lowest BCUT2D eigenvalue weighted by molar-refractivity contribution is 0.102. The molecule has 1 heterocycles. The van der Waals surface area contributed by atoms with Crippen LogP contribution in [0.4, 0.5) is 11.6 Å². The van der Waals surface area contributed by atoms with E-state index < -0.39 is 0 Å². The van der Waals surface area contributed by atoms with E-state index in [1.165, 1.54) is 0 Å². The first-order valence-electron chi connectivity index (χ1n) is 6.66. The summed E-state index contributed by atoms with van der Waals surface area (Å²) in [6, 6.07) is 7.50. The van der Waals surface area contributed by atoms with Crippen LogP contribution >= 0.6 is 0 Å². The number of nitrogens with zero attached hydrogens (tertiary/aromatic N) is 2. The van der Waals surface area contributed by atoms with Crippen LogP contribution in [0.2, 0.25) is 0 Å². The fourth-order valence-electron chi connectivity index (χ4n) is 1.79. The fourth-order valence-corrected chi connectivity index (χ4v) is 1.79. The Bertz CT molecular complexity index is 667. The number of carbonyl (C=O) groups excluding carboxylic acids is 1. The van der Waals surface area contributed by atoms with E-state index in [1.54, 1.807) is 18.3 Å². The average molecular weight is 282 g/mol. The molecule has 1 aromatic carbocycles. The van der Waals surface area contributed by atoms with Crippen LogP contribution in [0.5, 0.6) is 0 Å². The maximum Gasteiger partial charge on any atom is 0.274 e. The minimum atomic E-state index is -0.257. The minimum Gasteiger partial charge on any atom is -0.351 e. The van der Waals surface area contributed by atoms with Crippen LogP contribution in [0.15, 0.2) is 43.1 Å². The van der Waals surface area contributed by atoms with Crippen LogP contribution in [0.3, 0.4) is 0 Å². The van der Waals surface area contributed by atoms with Gasteiger partial charge < -0.3 is 10.6 Å². The Morgan fingerprint density at radius 2 is 2.14 bits per heavy atom. The standard InChI is InChI=1S/C16H18N4O/c1-4-8-17-16-18-9-7-13(20-16)15(21)19-14-10-11(2)5-6-12(14)3/h4-7,9-10H,1,8H2,2-3H3,(H,19,21)(H,17,18,20). The SMILES string of the molecule is C=CCNc1nccc(C(=O)Nc2cc(C)ccc2C)n1. The molecule has 2 N–H and O–H groups in total. The predicted molar refractivity (Wildman–Crippen MR) is 84.6 cm³/mol. The highest BCUT2D eigenvalue weighted by Crippen LogP contribution is 2.17. The van der Waals surface area contributed by atoms with Crippen LogP contribution in [-0.2, 0) is 0 Å². The molecule has 0 aliphatic heterocycles. The Morgan fingerprint density at radius 1 is 1.33 bits per heavy atom. The van der Waals surface area contributed by atoms with Crippen molar-refractivity contribution in [1.82, 2.24) is 9.97 Å². The monoisotopic (exact) mass is 282 g/mol. The first kappa shape index (κ1) is 14.7. The molecule has 0 saturated carbocycles. The van der Waals surface area contributed by atoms with Crippen LogP contribution in [0.1, 0.15) is 21.6 Å². The Kier molecular flexibility index (Phi) is 4.66. The maximum atomic E-state index is 12.3. The highest BCUT2D eigenvalue weighted by atomic mass is 16.1. The second kappa shape index (κ2) is 6.65. The number of rotatable bonds is 5. The van der Waals surface area contributed by atoms with Gasteiger partial charge in [0.25, 0.3) is 5.91 Å². The zero-order valence-electron chi connectivity index (χ0n) is 12.2. The van der Waals surface area contributed by atoms with Gasteiger partial charge in [-0.05, 0) is 37.1 Å². The van der Waals surface area contributed by atoms with Crippen LogP contribution in [0.25, 0.3) is 0 Å². The lowest BCUT2D eigenvalue weighted by atomic mass is 10.1. The van der Waals surface area contributed by atoms with E-state index in [0.29, 0.717) is 18.2 Å². The molecule has 0 radical (unpaired) electrons. The highest BCUT2D eigenvalue weighted by molar-refractivity contribution is 6.03. The number of carbonyl (C=O) groups is 1. The van der Waals surface area contributed by atoms with Gasteiger partial charge in [0, 0.05) is 18.4 Å². The topological polar surface area (TPSA) is 66.9 Å². The van der Waals surface area contributed by atoms with Crippen molar-refractivity contribution < 1.29 is 4.79 Å². The number of anilines is 2. The van der Waals surface area contributed by atoms with E-state index in [4.69, 9.17) is 0 Å². The average Bonchev–Trinajstić information content (AvgIpc) is 2.49. The summed E-state index contributed by atoms with van der Waals surface area (Å²) in [5.41, 5.74) is 3.21. The van der Waals surface area contributed by atoms with Crippen molar-refractivity contribution >= 4 is 17.5 Å². The van der Waals surface area contributed by atoms with Crippen LogP contribution < -0.4 is 10.6 Å². The summed E-state index contributed by atoms with van der Waals surface area (Å²) in [5.74, 6) is 0.149. The quantitative estimate of drug-likeness (QED) is 0.827. The Morgan fingerprint density at radius 3 is 2.90 bits per heavy atom. The van der Waals surface area contributed by atoms with E-state index in [0.717, 1.165) is 16.8 Å². The molecule has 108 valence electrons. The van der Waals surface area contributed by atoms with Crippen molar-refractivity contribution in [2.75, 3.05) is 17.2 Å². The van der Waals surface area contributed by atoms with Gasteiger partial charge in [-0.2, -0.15) is 0 Å². The van der Waals surface area contributed by atoms with Gasteiger partial charge in [-0.1, -0.05) is 18.2 Å². The molecule has 0 fully saturated rings. The molecular weight excluding hydrogens is 264 g/mol. The molecule has 1 amide bonds. The van der Waals surface area contributed by atoms with E-state index in [9.17, 15) is 4.79 Å². The first-order chi connectivity index (χ1) is 10.1. The molecule has 0 bridgehead atoms. The van der Waals surface area contributed by atoms with Crippen LogP contribution in [0, 0.1) is 13.8 Å². The smallest absolute Gasteiger partial charge is 0.274 e. The van der Waals surface area contributed by atoms with E-state index in [-0.39, 0.29) is 5.91 Å². The normalized spacial score (nSPS) is 10.0. The minimum absolute atomic E-state index is 0.257. The van der Waals surface area contributed by atoms with Gasteiger partial charge in [0.15, 0.2) is 0 Å². The number of hydrogen-bond acceptors (Lipinski definition) is 4. The third-order valence-corrected chi connectivity index (χ3v) is 2.93. The second-order valence-corrected chi connectivity index (χ2v) is 4.71. The maximum absolute atomic E-state index is 12.3. The van der Waals surface area contributed by atoms with Crippen molar-refractivity contribution in [3.63, 3.8) is 0 Å². The molecular formula is C16H18N4O. The third-order valence-electron chi connectivity index (χ3n) is 2.93. The Hall–Kier alpha value is -2.69. The molecule has 1 aromatic heterocycles. The summed E-state index contributed by atoms with van der Waals surface area (Å²) in [6.07, 6.45) is 3.25. The molecule has 0 aliphatic rings. The van der Waals surface area contributed by atoms with Crippen molar-refractivity contribution in [1.29, 1.82) is 0 Å². The lowest BCUT2D eigenvalue weighted by Gasteiger charge is -2.09. The zero-order valence-corrected chi connectivity index (χ0v) is 12.2. The molecule has 5 nitrogen and oxygen atoms in total. The van der Waals surface area contributed by atoms with Crippen molar-refractivity contribution in [3.05, 3.63) is 59.9 Å². The number of nitrogens with one attached hydrogen (secondary N) is 2. The van der Waals surface area contributed by atoms with E-state index >= 15 is 0 Å². The number of hydrogen-bond donors (Lipinski definition) is 2.